The van der Waals surface area contributed by atoms with Gasteiger partial charge in [-0.25, -0.2) is 14.8 Å². The van der Waals surface area contributed by atoms with E-state index in [9.17, 15) is 4.79 Å². The summed E-state index contributed by atoms with van der Waals surface area (Å²) in [7, 11) is 0. The first kappa shape index (κ1) is 15.1. The summed E-state index contributed by atoms with van der Waals surface area (Å²) in [4.78, 5) is 19.0. The van der Waals surface area contributed by atoms with Crippen molar-refractivity contribution in [3.8, 4) is 11.8 Å². The molecule has 1 heterocycles. The van der Waals surface area contributed by atoms with Crippen molar-refractivity contribution in [2.75, 3.05) is 12.3 Å². The van der Waals surface area contributed by atoms with Crippen molar-refractivity contribution in [2.24, 2.45) is 0 Å². The van der Waals surface area contributed by atoms with Crippen LogP contribution in [0.2, 0.25) is 5.15 Å². The fourth-order valence-electron chi connectivity index (χ4n) is 1.02. The summed E-state index contributed by atoms with van der Waals surface area (Å²) in [5.74, 6) is 5.59. The highest BCUT2D eigenvalue weighted by Crippen LogP contribution is 2.09. The number of carbonyl (C=O) groups is 1. The maximum absolute atomic E-state index is 11.3. The Labute approximate surface area is 116 Å². The van der Waals surface area contributed by atoms with E-state index in [0.717, 1.165) is 0 Å². The second-order valence-electron chi connectivity index (χ2n) is 4.59. The zero-order valence-corrected chi connectivity index (χ0v) is 11.7. The minimum Gasteiger partial charge on any atom is -0.444 e. The highest BCUT2D eigenvalue weighted by molar-refractivity contribution is 6.30. The summed E-state index contributed by atoms with van der Waals surface area (Å²) in [6, 6.07) is 0. The number of nitrogens with two attached hydrogens (primary N) is 1. The van der Waals surface area contributed by atoms with Crippen molar-refractivity contribution in [3.63, 3.8) is 0 Å². The normalized spacial score (nSPS) is 10.3. The molecule has 3 N–H and O–H groups in total. The molecule has 0 bridgehead atoms. The quantitative estimate of drug-likeness (QED) is 0.764. The van der Waals surface area contributed by atoms with Crippen molar-refractivity contribution in [1.29, 1.82) is 0 Å². The fourth-order valence-corrected chi connectivity index (χ4v) is 1.22. The molecular formula is C12H15ClN4O2. The van der Waals surface area contributed by atoms with Gasteiger partial charge in [0.25, 0.3) is 0 Å². The molecule has 7 heteroatoms. The second-order valence-corrected chi connectivity index (χ2v) is 4.95. The minimum absolute atomic E-state index is 0.122. The molecule has 0 unspecified atom stereocenters. The zero-order chi connectivity index (χ0) is 14.5. The first-order valence-electron chi connectivity index (χ1n) is 5.51. The van der Waals surface area contributed by atoms with Gasteiger partial charge in [-0.2, -0.15) is 0 Å². The number of carbonyl (C=O) groups excluding carboxylic acids is 1. The Kier molecular flexibility index (Phi) is 4.95. The van der Waals surface area contributed by atoms with Crippen molar-refractivity contribution in [3.05, 3.63) is 17.0 Å². The van der Waals surface area contributed by atoms with E-state index in [2.05, 4.69) is 27.1 Å². The topological polar surface area (TPSA) is 90.1 Å². The van der Waals surface area contributed by atoms with Crippen LogP contribution in [0.5, 0.6) is 0 Å². The molecule has 102 valence electrons. The predicted octanol–water partition coefficient (Wildman–Crippen LogP) is 1.59. The van der Waals surface area contributed by atoms with Crippen LogP contribution < -0.4 is 11.1 Å². The molecular weight excluding hydrogens is 268 g/mol. The second kappa shape index (κ2) is 6.25. The maximum atomic E-state index is 11.3. The lowest BCUT2D eigenvalue weighted by molar-refractivity contribution is 0.0535. The average molecular weight is 283 g/mol. The highest BCUT2D eigenvalue weighted by Gasteiger charge is 2.15. The van der Waals surface area contributed by atoms with Gasteiger partial charge < -0.3 is 15.8 Å². The molecule has 0 saturated carbocycles. The van der Waals surface area contributed by atoms with Crippen LogP contribution in [0.4, 0.5) is 10.6 Å². The largest absolute Gasteiger partial charge is 0.444 e. The monoisotopic (exact) mass is 282 g/mol. The number of rotatable bonds is 1. The molecule has 1 aromatic rings. The van der Waals surface area contributed by atoms with Gasteiger partial charge in [-0.3, -0.25) is 0 Å². The Morgan fingerprint density at radius 1 is 1.58 bits per heavy atom. The van der Waals surface area contributed by atoms with Crippen LogP contribution in [0.3, 0.4) is 0 Å². The summed E-state index contributed by atoms with van der Waals surface area (Å²) < 4.78 is 5.04. The standard InChI is InChI=1S/C12H15ClN4O2/c1-12(2,3)19-11(18)15-6-4-5-8-10(13)17-9(14)7-16-8/h7H,6H2,1-3H3,(H2,14,17)(H,15,18). The van der Waals surface area contributed by atoms with Crippen LogP contribution >= 0.6 is 11.6 Å². The number of ether oxygens (including phenoxy) is 1. The minimum atomic E-state index is -0.538. The molecule has 0 fully saturated rings. The van der Waals surface area contributed by atoms with Crippen LogP contribution in [0.25, 0.3) is 0 Å². The zero-order valence-electron chi connectivity index (χ0n) is 11.0. The van der Waals surface area contributed by atoms with E-state index in [1.54, 1.807) is 20.8 Å². The SMILES string of the molecule is CC(C)(C)OC(=O)NCC#Cc1ncc(N)nc1Cl. The van der Waals surface area contributed by atoms with Crippen LogP contribution in [-0.2, 0) is 4.74 Å². The van der Waals surface area contributed by atoms with Gasteiger partial charge in [0.2, 0.25) is 0 Å². The summed E-state index contributed by atoms with van der Waals surface area (Å²) in [5.41, 5.74) is 5.17. The third-order valence-electron chi connectivity index (χ3n) is 1.68. The lowest BCUT2D eigenvalue weighted by Crippen LogP contribution is -2.32. The Morgan fingerprint density at radius 3 is 2.84 bits per heavy atom. The number of halogens is 1. The van der Waals surface area contributed by atoms with E-state index in [0.29, 0.717) is 5.69 Å². The number of amides is 1. The van der Waals surface area contributed by atoms with Crippen molar-refractivity contribution < 1.29 is 9.53 Å². The first-order chi connectivity index (χ1) is 8.78. The number of nitrogens with one attached hydrogen (secondary N) is 1. The smallest absolute Gasteiger partial charge is 0.408 e. The summed E-state index contributed by atoms with van der Waals surface area (Å²) in [6.07, 6.45) is 0.827. The highest BCUT2D eigenvalue weighted by atomic mass is 35.5. The van der Waals surface area contributed by atoms with Gasteiger partial charge in [-0.15, -0.1) is 0 Å². The number of alkyl carbamates (subject to hydrolysis) is 1. The van der Waals surface area contributed by atoms with Gasteiger partial charge in [-0.05, 0) is 26.7 Å². The molecule has 0 spiro atoms. The number of hydrogen-bond acceptors (Lipinski definition) is 5. The number of anilines is 1. The third-order valence-corrected chi connectivity index (χ3v) is 1.94. The van der Waals surface area contributed by atoms with E-state index < -0.39 is 11.7 Å². The summed E-state index contributed by atoms with van der Waals surface area (Å²) in [5, 5.41) is 2.62. The van der Waals surface area contributed by atoms with E-state index >= 15 is 0 Å². The molecule has 19 heavy (non-hydrogen) atoms. The van der Waals surface area contributed by atoms with Gasteiger partial charge >= 0.3 is 6.09 Å². The molecule has 1 aromatic heterocycles. The van der Waals surface area contributed by atoms with Crippen molar-refractivity contribution in [2.45, 2.75) is 26.4 Å². The van der Waals surface area contributed by atoms with E-state index in [-0.39, 0.29) is 17.5 Å². The molecule has 0 atom stereocenters. The number of nitrogens with zero attached hydrogens (tertiary/aromatic N) is 2. The van der Waals surface area contributed by atoms with Crippen LogP contribution in [-0.4, -0.2) is 28.2 Å². The van der Waals surface area contributed by atoms with Gasteiger partial charge in [0, 0.05) is 0 Å². The first-order valence-corrected chi connectivity index (χ1v) is 5.89. The van der Waals surface area contributed by atoms with Crippen LogP contribution in [0.15, 0.2) is 6.20 Å². The number of nitrogen functional groups attached to an aromatic ring is 1. The molecule has 1 rings (SSSR count). The maximum Gasteiger partial charge on any atom is 0.408 e. The van der Waals surface area contributed by atoms with Crippen LogP contribution in [0, 0.1) is 11.8 Å². The fraction of sp³-hybridized carbons (Fsp3) is 0.417. The molecule has 0 saturated heterocycles. The van der Waals surface area contributed by atoms with Crippen molar-refractivity contribution in [1.82, 2.24) is 15.3 Å². The lowest BCUT2D eigenvalue weighted by atomic mass is 10.2. The lowest BCUT2D eigenvalue weighted by Gasteiger charge is -2.18. The van der Waals surface area contributed by atoms with Crippen molar-refractivity contribution >= 4 is 23.5 Å². The molecule has 6 nitrogen and oxygen atoms in total. The van der Waals surface area contributed by atoms with Crippen LogP contribution in [0.1, 0.15) is 26.5 Å². The van der Waals surface area contributed by atoms with Gasteiger partial charge in [0.1, 0.15) is 11.4 Å². The molecule has 1 amide bonds. The Hall–Kier alpha value is -2.00. The summed E-state index contributed by atoms with van der Waals surface area (Å²) >= 11 is 5.79. The average Bonchev–Trinajstić information content (AvgIpc) is 2.24. The van der Waals surface area contributed by atoms with Gasteiger partial charge in [-0.1, -0.05) is 17.5 Å². The third kappa shape index (κ3) is 5.93. The number of hydrogen-bond donors (Lipinski definition) is 2. The van der Waals surface area contributed by atoms with Gasteiger partial charge in [0.05, 0.1) is 12.7 Å². The van der Waals surface area contributed by atoms with Gasteiger partial charge in [0.15, 0.2) is 10.8 Å². The number of aromatic nitrogens is 2. The molecule has 0 radical (unpaired) electrons. The Balaban J connectivity index is 2.50. The van der Waals surface area contributed by atoms with E-state index in [4.69, 9.17) is 22.1 Å². The molecule has 0 aliphatic heterocycles. The van der Waals surface area contributed by atoms with E-state index in [1.807, 2.05) is 0 Å². The molecule has 0 aliphatic carbocycles. The molecule has 0 aliphatic rings. The Morgan fingerprint density at radius 2 is 2.26 bits per heavy atom. The van der Waals surface area contributed by atoms with E-state index in [1.165, 1.54) is 6.20 Å². The predicted molar refractivity (Wildman–Crippen MR) is 72.6 cm³/mol. The molecule has 0 aromatic carbocycles. The summed E-state index contributed by atoms with van der Waals surface area (Å²) in [6.45, 7) is 5.46. The Bertz CT molecular complexity index is 529.